The van der Waals surface area contributed by atoms with E-state index in [0.29, 0.717) is 11.7 Å². The fourth-order valence-electron chi connectivity index (χ4n) is 2.23. The molecule has 0 spiro atoms. The summed E-state index contributed by atoms with van der Waals surface area (Å²) in [5.74, 6) is 0.0489. The molecular formula is C15H15N5O4. The van der Waals surface area contributed by atoms with Crippen LogP contribution in [0.15, 0.2) is 34.9 Å². The lowest BCUT2D eigenvalue weighted by atomic mass is 10.1. The van der Waals surface area contributed by atoms with Gasteiger partial charge in [-0.25, -0.2) is 4.79 Å². The van der Waals surface area contributed by atoms with Crippen LogP contribution < -0.4 is 16.0 Å². The maximum absolute atomic E-state index is 11.8. The number of nitrogens with zero attached hydrogens (tertiary/aromatic N) is 2. The first kappa shape index (κ1) is 15.7. The van der Waals surface area contributed by atoms with E-state index in [1.54, 1.807) is 0 Å². The third kappa shape index (κ3) is 3.75. The van der Waals surface area contributed by atoms with Gasteiger partial charge in [-0.3, -0.25) is 14.9 Å². The number of rotatable bonds is 6. The standard InChI is InChI=1S/C15H15N5O4/c21-12(7-6-10-13(22)19-15(23)17-10)16-8-11-18-14(24-20-11)9-4-2-1-3-5-9/h1-5,10H,6-8H2,(H,16,21)(H2,17,19,22,23)/t10-/m1/s1. The van der Waals surface area contributed by atoms with Crippen LogP contribution in [0.4, 0.5) is 4.79 Å². The zero-order valence-electron chi connectivity index (χ0n) is 12.6. The number of carbonyl (C=O) groups is 3. The summed E-state index contributed by atoms with van der Waals surface area (Å²) in [6, 6.07) is 8.09. The minimum Gasteiger partial charge on any atom is -0.349 e. The van der Waals surface area contributed by atoms with Crippen molar-refractivity contribution < 1.29 is 18.9 Å². The minimum absolute atomic E-state index is 0.0990. The molecule has 24 heavy (non-hydrogen) atoms. The molecule has 1 aromatic heterocycles. The van der Waals surface area contributed by atoms with Crippen molar-refractivity contribution in [1.29, 1.82) is 0 Å². The molecule has 4 amide bonds. The van der Waals surface area contributed by atoms with Crippen molar-refractivity contribution in [2.75, 3.05) is 0 Å². The van der Waals surface area contributed by atoms with Crippen LogP contribution >= 0.6 is 0 Å². The zero-order valence-corrected chi connectivity index (χ0v) is 12.6. The Balaban J connectivity index is 1.46. The zero-order chi connectivity index (χ0) is 16.9. The van der Waals surface area contributed by atoms with Crippen molar-refractivity contribution in [3.05, 3.63) is 36.2 Å². The topological polar surface area (TPSA) is 126 Å². The Bertz CT molecular complexity index is 758. The van der Waals surface area contributed by atoms with Crippen molar-refractivity contribution in [1.82, 2.24) is 26.1 Å². The molecule has 1 aliphatic heterocycles. The maximum Gasteiger partial charge on any atom is 0.322 e. The summed E-state index contributed by atoms with van der Waals surface area (Å²) in [5.41, 5.74) is 0.797. The highest BCUT2D eigenvalue weighted by Gasteiger charge is 2.29. The second-order valence-corrected chi connectivity index (χ2v) is 5.21. The van der Waals surface area contributed by atoms with Gasteiger partial charge in [0.25, 0.3) is 11.8 Å². The van der Waals surface area contributed by atoms with Crippen LogP contribution in [-0.4, -0.2) is 34.0 Å². The summed E-state index contributed by atoms with van der Waals surface area (Å²) in [6.07, 6.45) is 0.326. The van der Waals surface area contributed by atoms with Crippen LogP contribution in [0, 0.1) is 0 Å². The Morgan fingerprint density at radius 2 is 2.04 bits per heavy atom. The number of hydrogen-bond acceptors (Lipinski definition) is 6. The molecule has 3 rings (SSSR count). The summed E-state index contributed by atoms with van der Waals surface area (Å²) in [4.78, 5) is 38.3. The molecule has 0 radical (unpaired) electrons. The summed E-state index contributed by atoms with van der Waals surface area (Å²) in [7, 11) is 0. The number of nitrogens with one attached hydrogen (secondary N) is 3. The van der Waals surface area contributed by atoms with Crippen molar-refractivity contribution in [3.8, 4) is 11.5 Å². The van der Waals surface area contributed by atoms with E-state index in [0.717, 1.165) is 5.56 Å². The Labute approximate surface area is 136 Å². The summed E-state index contributed by atoms with van der Waals surface area (Å²) in [5, 5.41) is 11.0. The van der Waals surface area contributed by atoms with Gasteiger partial charge in [-0.1, -0.05) is 23.4 Å². The molecule has 2 heterocycles. The van der Waals surface area contributed by atoms with E-state index < -0.39 is 18.0 Å². The van der Waals surface area contributed by atoms with Gasteiger partial charge in [-0.15, -0.1) is 0 Å². The van der Waals surface area contributed by atoms with Crippen LogP contribution in [0.5, 0.6) is 0 Å². The first-order valence-electron chi connectivity index (χ1n) is 7.38. The van der Waals surface area contributed by atoms with E-state index in [9.17, 15) is 14.4 Å². The Morgan fingerprint density at radius 1 is 1.25 bits per heavy atom. The molecule has 1 atom stereocenters. The molecule has 0 saturated carbocycles. The van der Waals surface area contributed by atoms with Gasteiger partial charge in [0.1, 0.15) is 6.04 Å². The number of carbonyl (C=O) groups excluding carboxylic acids is 3. The smallest absolute Gasteiger partial charge is 0.322 e. The number of imide groups is 1. The SMILES string of the molecule is O=C(CC[C@H]1NC(=O)NC1=O)NCc1noc(-c2ccccc2)n1. The molecule has 9 nitrogen and oxygen atoms in total. The molecule has 2 aromatic rings. The number of aromatic nitrogens is 2. The summed E-state index contributed by atoms with van der Waals surface area (Å²) >= 11 is 0. The van der Waals surface area contributed by atoms with E-state index in [4.69, 9.17) is 4.52 Å². The first-order chi connectivity index (χ1) is 11.6. The van der Waals surface area contributed by atoms with Crippen molar-refractivity contribution in [2.24, 2.45) is 0 Å². The Morgan fingerprint density at radius 3 is 2.75 bits per heavy atom. The number of hydrogen-bond donors (Lipinski definition) is 3. The molecule has 9 heteroatoms. The lowest BCUT2D eigenvalue weighted by Gasteiger charge is -2.06. The van der Waals surface area contributed by atoms with Gasteiger partial charge >= 0.3 is 6.03 Å². The van der Waals surface area contributed by atoms with Crippen LogP contribution in [0.1, 0.15) is 18.7 Å². The number of benzene rings is 1. The molecule has 1 aliphatic rings. The highest BCUT2D eigenvalue weighted by Crippen LogP contribution is 2.15. The molecule has 1 fully saturated rings. The molecular weight excluding hydrogens is 314 g/mol. The van der Waals surface area contributed by atoms with Crippen LogP contribution in [0.25, 0.3) is 11.5 Å². The van der Waals surface area contributed by atoms with E-state index >= 15 is 0 Å². The van der Waals surface area contributed by atoms with E-state index in [2.05, 4.69) is 26.1 Å². The van der Waals surface area contributed by atoms with Crippen LogP contribution in [0.2, 0.25) is 0 Å². The maximum atomic E-state index is 11.8. The number of amides is 4. The summed E-state index contributed by atoms with van der Waals surface area (Å²) in [6.45, 7) is 0.123. The monoisotopic (exact) mass is 329 g/mol. The second kappa shape index (κ2) is 6.90. The Hall–Kier alpha value is -3.23. The summed E-state index contributed by atoms with van der Waals surface area (Å²) < 4.78 is 5.14. The van der Waals surface area contributed by atoms with Gasteiger partial charge in [0.15, 0.2) is 5.82 Å². The molecule has 124 valence electrons. The molecule has 0 unspecified atom stereocenters. The highest BCUT2D eigenvalue weighted by molar-refractivity contribution is 6.04. The average molecular weight is 329 g/mol. The predicted molar refractivity (Wildman–Crippen MR) is 81.3 cm³/mol. The van der Waals surface area contributed by atoms with Gasteiger partial charge < -0.3 is 15.2 Å². The van der Waals surface area contributed by atoms with Crippen LogP contribution in [0.3, 0.4) is 0 Å². The van der Waals surface area contributed by atoms with E-state index in [-0.39, 0.29) is 25.3 Å². The first-order valence-corrected chi connectivity index (χ1v) is 7.38. The third-order valence-corrected chi connectivity index (χ3v) is 3.45. The Kier molecular flexibility index (Phi) is 4.50. The predicted octanol–water partition coefficient (Wildman–Crippen LogP) is 0.341. The lowest BCUT2D eigenvalue weighted by molar-refractivity contribution is -0.122. The average Bonchev–Trinajstić information content (AvgIpc) is 3.18. The van der Waals surface area contributed by atoms with Gasteiger partial charge in [0.2, 0.25) is 5.91 Å². The van der Waals surface area contributed by atoms with Gasteiger partial charge in [0, 0.05) is 12.0 Å². The molecule has 1 saturated heterocycles. The van der Waals surface area contributed by atoms with Gasteiger partial charge in [0.05, 0.1) is 6.54 Å². The number of urea groups is 1. The van der Waals surface area contributed by atoms with Crippen LogP contribution in [-0.2, 0) is 16.1 Å². The van der Waals surface area contributed by atoms with Crippen molar-refractivity contribution in [3.63, 3.8) is 0 Å². The molecule has 3 N–H and O–H groups in total. The molecule has 0 bridgehead atoms. The van der Waals surface area contributed by atoms with Crippen molar-refractivity contribution >= 4 is 17.8 Å². The molecule has 1 aromatic carbocycles. The van der Waals surface area contributed by atoms with Gasteiger partial charge in [-0.2, -0.15) is 4.98 Å². The van der Waals surface area contributed by atoms with Crippen molar-refractivity contribution in [2.45, 2.75) is 25.4 Å². The quantitative estimate of drug-likeness (QED) is 0.656. The van der Waals surface area contributed by atoms with E-state index in [1.807, 2.05) is 30.3 Å². The minimum atomic E-state index is -0.668. The fourth-order valence-corrected chi connectivity index (χ4v) is 2.23. The third-order valence-electron chi connectivity index (χ3n) is 3.45. The second-order valence-electron chi connectivity index (χ2n) is 5.21. The fraction of sp³-hybridized carbons (Fsp3) is 0.267. The normalized spacial score (nSPS) is 16.6. The highest BCUT2D eigenvalue weighted by atomic mass is 16.5. The molecule has 0 aliphatic carbocycles. The lowest BCUT2D eigenvalue weighted by Crippen LogP contribution is -2.31. The largest absolute Gasteiger partial charge is 0.349 e. The van der Waals surface area contributed by atoms with E-state index in [1.165, 1.54) is 0 Å². The van der Waals surface area contributed by atoms with Gasteiger partial charge in [-0.05, 0) is 18.6 Å².